The quantitative estimate of drug-likeness (QED) is 0.264. The van der Waals surface area contributed by atoms with Crippen LogP contribution in [0.15, 0.2) is 28.5 Å². The van der Waals surface area contributed by atoms with Crippen molar-refractivity contribution >= 4 is 23.5 Å². The molecule has 0 amide bonds. The standard InChI is InChI=1S/C21H33FN8S/c1-15(2)13-30-18(27-28-21(30)31-4)8-6-11-25-20(23-3)26-16-9-12-29(14-16)19-17(22)7-5-10-24-19/h5,7,10,15-16H,6,8-9,11-14H2,1-4H3,(H2,23,25,26). The second-order valence-electron chi connectivity index (χ2n) is 8.09. The van der Waals surface area contributed by atoms with Gasteiger partial charge in [0.25, 0.3) is 0 Å². The van der Waals surface area contributed by atoms with E-state index < -0.39 is 0 Å². The van der Waals surface area contributed by atoms with E-state index in [0.29, 0.717) is 18.3 Å². The highest BCUT2D eigenvalue weighted by Crippen LogP contribution is 2.21. The number of halogens is 1. The molecule has 1 aliphatic heterocycles. The fourth-order valence-electron chi connectivity index (χ4n) is 3.73. The Labute approximate surface area is 188 Å². The van der Waals surface area contributed by atoms with Crippen molar-refractivity contribution in [3.63, 3.8) is 0 Å². The summed E-state index contributed by atoms with van der Waals surface area (Å²) in [6.45, 7) is 7.60. The minimum atomic E-state index is -0.277. The van der Waals surface area contributed by atoms with Crippen LogP contribution in [0.2, 0.25) is 0 Å². The number of thioether (sulfide) groups is 1. The summed E-state index contributed by atoms with van der Waals surface area (Å²) in [6.07, 6.45) is 6.37. The fourth-order valence-corrected chi connectivity index (χ4v) is 4.25. The Kier molecular flexibility index (Phi) is 8.51. The minimum Gasteiger partial charge on any atom is -0.356 e. The number of aliphatic imine (C=N–C) groups is 1. The number of rotatable bonds is 9. The van der Waals surface area contributed by atoms with E-state index in [4.69, 9.17) is 0 Å². The molecule has 0 aliphatic carbocycles. The van der Waals surface area contributed by atoms with E-state index in [9.17, 15) is 4.39 Å². The largest absolute Gasteiger partial charge is 0.356 e. The van der Waals surface area contributed by atoms with Crippen LogP contribution in [-0.2, 0) is 13.0 Å². The lowest BCUT2D eigenvalue weighted by atomic mass is 10.2. The van der Waals surface area contributed by atoms with E-state index in [1.165, 1.54) is 6.07 Å². The summed E-state index contributed by atoms with van der Waals surface area (Å²) in [4.78, 5) is 10.5. The van der Waals surface area contributed by atoms with Gasteiger partial charge in [-0.25, -0.2) is 9.37 Å². The molecule has 0 aromatic carbocycles. The average molecular weight is 449 g/mol. The zero-order valence-corrected chi connectivity index (χ0v) is 19.6. The molecule has 0 spiro atoms. The van der Waals surface area contributed by atoms with Gasteiger partial charge in [-0.15, -0.1) is 10.2 Å². The van der Waals surface area contributed by atoms with Crippen LogP contribution in [0.3, 0.4) is 0 Å². The third-order valence-electron chi connectivity index (χ3n) is 5.18. The number of hydrogen-bond acceptors (Lipinski definition) is 6. The van der Waals surface area contributed by atoms with Crippen molar-refractivity contribution in [2.24, 2.45) is 10.9 Å². The van der Waals surface area contributed by atoms with Gasteiger partial charge in [0.05, 0.1) is 0 Å². The number of nitrogens with one attached hydrogen (secondary N) is 2. The number of aryl methyl sites for hydroxylation is 1. The molecule has 1 fully saturated rings. The number of nitrogens with zero attached hydrogens (tertiary/aromatic N) is 6. The number of anilines is 1. The van der Waals surface area contributed by atoms with Crippen LogP contribution < -0.4 is 15.5 Å². The molecule has 0 radical (unpaired) electrons. The van der Waals surface area contributed by atoms with Gasteiger partial charge in [-0.2, -0.15) is 0 Å². The second-order valence-corrected chi connectivity index (χ2v) is 8.87. The Morgan fingerprint density at radius 2 is 2.23 bits per heavy atom. The Morgan fingerprint density at radius 1 is 1.39 bits per heavy atom. The molecule has 3 heterocycles. The Bertz CT molecular complexity index is 869. The summed E-state index contributed by atoms with van der Waals surface area (Å²) in [5.74, 6) is 2.49. The van der Waals surface area contributed by atoms with Crippen LogP contribution in [0.5, 0.6) is 0 Å². The predicted octanol–water partition coefficient (Wildman–Crippen LogP) is 2.57. The van der Waals surface area contributed by atoms with E-state index >= 15 is 0 Å². The van der Waals surface area contributed by atoms with E-state index in [1.54, 1.807) is 31.1 Å². The van der Waals surface area contributed by atoms with Gasteiger partial charge in [0.1, 0.15) is 5.82 Å². The smallest absolute Gasteiger partial charge is 0.191 e. The number of pyridine rings is 1. The summed E-state index contributed by atoms with van der Waals surface area (Å²) in [5.41, 5.74) is 0. The van der Waals surface area contributed by atoms with E-state index in [1.807, 2.05) is 11.2 Å². The maximum atomic E-state index is 14.0. The Hall–Kier alpha value is -2.36. The maximum absolute atomic E-state index is 14.0. The number of guanidine groups is 1. The first-order valence-electron chi connectivity index (χ1n) is 10.8. The molecule has 170 valence electrons. The first-order valence-corrected chi connectivity index (χ1v) is 12.0. The van der Waals surface area contributed by atoms with Crippen LogP contribution in [0, 0.1) is 11.7 Å². The number of aromatic nitrogens is 4. The molecule has 8 nitrogen and oxygen atoms in total. The van der Waals surface area contributed by atoms with Crippen LogP contribution in [0.1, 0.15) is 32.5 Å². The highest BCUT2D eigenvalue weighted by atomic mass is 32.2. The summed E-state index contributed by atoms with van der Waals surface area (Å²) < 4.78 is 16.2. The number of hydrogen-bond donors (Lipinski definition) is 2. The van der Waals surface area contributed by atoms with Crippen LogP contribution >= 0.6 is 11.8 Å². The SMILES string of the molecule is CN=C(NCCCc1nnc(SC)n1CC(C)C)NC1CCN(c2ncccc2F)C1. The van der Waals surface area contributed by atoms with Gasteiger partial charge >= 0.3 is 0 Å². The predicted molar refractivity (Wildman–Crippen MR) is 124 cm³/mol. The maximum Gasteiger partial charge on any atom is 0.191 e. The van der Waals surface area contributed by atoms with E-state index in [-0.39, 0.29) is 11.9 Å². The van der Waals surface area contributed by atoms with Crippen LogP contribution in [-0.4, -0.2) is 64.7 Å². The van der Waals surface area contributed by atoms with Crippen molar-refractivity contribution in [2.45, 2.75) is 50.9 Å². The molecule has 2 N–H and O–H groups in total. The molecule has 1 saturated heterocycles. The summed E-state index contributed by atoms with van der Waals surface area (Å²) in [7, 11) is 1.77. The lowest BCUT2D eigenvalue weighted by Gasteiger charge is -2.20. The van der Waals surface area contributed by atoms with Crippen molar-refractivity contribution < 1.29 is 4.39 Å². The summed E-state index contributed by atoms with van der Waals surface area (Å²) in [6, 6.07) is 3.27. The first-order chi connectivity index (χ1) is 15.0. The zero-order valence-electron chi connectivity index (χ0n) is 18.8. The molecule has 0 bridgehead atoms. The monoisotopic (exact) mass is 448 g/mol. The lowest BCUT2D eigenvalue weighted by molar-refractivity contribution is 0.477. The Balaban J connectivity index is 1.45. The van der Waals surface area contributed by atoms with Crippen molar-refractivity contribution in [2.75, 3.05) is 37.8 Å². The molecule has 2 aromatic rings. The van der Waals surface area contributed by atoms with Crippen molar-refractivity contribution in [3.05, 3.63) is 30.0 Å². The molecule has 10 heteroatoms. The minimum absolute atomic E-state index is 0.200. The van der Waals surface area contributed by atoms with Crippen LogP contribution in [0.25, 0.3) is 0 Å². The van der Waals surface area contributed by atoms with Gasteiger partial charge in [-0.1, -0.05) is 25.6 Å². The topological polar surface area (TPSA) is 83.3 Å². The molecule has 0 saturated carbocycles. The van der Waals surface area contributed by atoms with Crippen LogP contribution in [0.4, 0.5) is 10.2 Å². The van der Waals surface area contributed by atoms with Crippen molar-refractivity contribution in [3.8, 4) is 0 Å². The highest BCUT2D eigenvalue weighted by molar-refractivity contribution is 7.98. The molecule has 1 unspecified atom stereocenters. The highest BCUT2D eigenvalue weighted by Gasteiger charge is 2.25. The molecule has 3 rings (SSSR count). The van der Waals surface area contributed by atoms with Gasteiger partial charge < -0.3 is 20.1 Å². The third kappa shape index (κ3) is 6.32. The van der Waals surface area contributed by atoms with E-state index in [2.05, 4.69) is 49.2 Å². The zero-order chi connectivity index (χ0) is 22.2. The molecule has 2 aromatic heterocycles. The molecule has 1 aliphatic rings. The third-order valence-corrected chi connectivity index (χ3v) is 5.85. The molecule has 31 heavy (non-hydrogen) atoms. The normalized spacial score (nSPS) is 16.9. The Morgan fingerprint density at radius 3 is 2.94 bits per heavy atom. The molecular formula is C21H33FN8S. The van der Waals surface area contributed by atoms with Gasteiger partial charge in [-0.3, -0.25) is 4.99 Å². The van der Waals surface area contributed by atoms with Crippen molar-refractivity contribution in [1.82, 2.24) is 30.4 Å². The summed E-state index contributed by atoms with van der Waals surface area (Å²) >= 11 is 1.64. The second kappa shape index (κ2) is 11.3. The fraction of sp³-hybridized carbons (Fsp3) is 0.619. The van der Waals surface area contributed by atoms with Gasteiger partial charge in [0, 0.05) is 51.9 Å². The van der Waals surface area contributed by atoms with Crippen molar-refractivity contribution in [1.29, 1.82) is 0 Å². The lowest BCUT2D eigenvalue weighted by Crippen LogP contribution is -2.45. The summed E-state index contributed by atoms with van der Waals surface area (Å²) in [5, 5.41) is 16.5. The van der Waals surface area contributed by atoms with Gasteiger partial charge in [0.15, 0.2) is 22.8 Å². The average Bonchev–Trinajstić information content (AvgIpc) is 3.37. The van der Waals surface area contributed by atoms with E-state index in [0.717, 1.165) is 55.8 Å². The first kappa shape index (κ1) is 23.3. The molecule has 1 atom stereocenters. The van der Waals surface area contributed by atoms with Gasteiger partial charge in [-0.05, 0) is 37.1 Å². The molecular weight excluding hydrogens is 415 g/mol. The van der Waals surface area contributed by atoms with Gasteiger partial charge in [0.2, 0.25) is 0 Å².